The highest BCUT2D eigenvalue weighted by Gasteiger charge is 2.16. The van der Waals surface area contributed by atoms with Crippen LogP contribution in [0.1, 0.15) is 34.2 Å². The minimum absolute atomic E-state index is 0.233. The number of hydrogen-bond acceptors (Lipinski definition) is 2. The molecule has 0 aliphatic rings. The van der Waals surface area contributed by atoms with E-state index in [1.54, 1.807) is 0 Å². The van der Waals surface area contributed by atoms with Gasteiger partial charge in [0.15, 0.2) is 5.11 Å². The van der Waals surface area contributed by atoms with Crippen molar-refractivity contribution in [2.24, 2.45) is 0 Å². The van der Waals surface area contributed by atoms with Crippen LogP contribution in [0.5, 0.6) is 0 Å². The number of nitrogens with one attached hydrogen (secondary N) is 3. The molecule has 0 radical (unpaired) electrons. The van der Waals surface area contributed by atoms with E-state index in [-0.39, 0.29) is 5.91 Å². The lowest BCUT2D eigenvalue weighted by Crippen LogP contribution is -2.44. The number of hydrogen-bond donors (Lipinski definition) is 3. The maximum absolute atomic E-state index is 12.7. The van der Waals surface area contributed by atoms with Gasteiger partial charge in [-0.2, -0.15) is 0 Å². The Kier molecular flexibility index (Phi) is 6.11. The SMILES string of the molecule is CCc1ccccc1NC(=S)NNC(=O)c1cc(C)n(-c2ccccc2)c1C. The third-order valence-corrected chi connectivity index (χ3v) is 4.83. The molecule has 3 N–H and O–H groups in total. The molecular weight excluding hydrogens is 368 g/mol. The third kappa shape index (κ3) is 4.23. The molecule has 2 aromatic carbocycles. The normalized spacial score (nSPS) is 10.4. The van der Waals surface area contributed by atoms with E-state index in [1.165, 1.54) is 0 Å². The number of thiocarbonyl (C=S) groups is 1. The summed E-state index contributed by atoms with van der Waals surface area (Å²) in [5.41, 5.74) is 11.1. The van der Waals surface area contributed by atoms with Gasteiger partial charge in [0, 0.05) is 22.8 Å². The molecule has 1 heterocycles. The van der Waals surface area contributed by atoms with E-state index in [2.05, 4.69) is 27.7 Å². The van der Waals surface area contributed by atoms with Gasteiger partial charge >= 0.3 is 0 Å². The molecule has 3 aromatic rings. The monoisotopic (exact) mass is 392 g/mol. The number of nitrogens with zero attached hydrogens (tertiary/aromatic N) is 1. The van der Waals surface area contributed by atoms with Gasteiger partial charge in [-0.25, -0.2) is 0 Å². The van der Waals surface area contributed by atoms with E-state index >= 15 is 0 Å². The van der Waals surface area contributed by atoms with Crippen LogP contribution in [0, 0.1) is 13.8 Å². The number of anilines is 1. The fourth-order valence-electron chi connectivity index (χ4n) is 3.25. The Morgan fingerprint density at radius 1 is 1.00 bits per heavy atom. The molecule has 0 atom stereocenters. The van der Waals surface area contributed by atoms with Crippen LogP contribution in [0.25, 0.3) is 5.69 Å². The number of carbonyl (C=O) groups excluding carboxylic acids is 1. The van der Waals surface area contributed by atoms with Crippen LogP contribution < -0.4 is 16.2 Å². The van der Waals surface area contributed by atoms with Crippen LogP contribution in [0.3, 0.4) is 0 Å². The van der Waals surface area contributed by atoms with E-state index in [0.717, 1.165) is 34.7 Å². The molecule has 28 heavy (non-hydrogen) atoms. The predicted molar refractivity (Wildman–Crippen MR) is 118 cm³/mol. The van der Waals surface area contributed by atoms with Gasteiger partial charge in [0.2, 0.25) is 0 Å². The maximum atomic E-state index is 12.7. The first-order valence-corrected chi connectivity index (χ1v) is 9.61. The van der Waals surface area contributed by atoms with Gasteiger partial charge in [-0.3, -0.25) is 15.6 Å². The van der Waals surface area contributed by atoms with Crippen molar-refractivity contribution in [2.45, 2.75) is 27.2 Å². The van der Waals surface area contributed by atoms with Crippen molar-refractivity contribution in [3.05, 3.63) is 83.2 Å². The second kappa shape index (κ2) is 8.71. The Balaban J connectivity index is 1.68. The number of aryl methyl sites for hydroxylation is 2. The summed E-state index contributed by atoms with van der Waals surface area (Å²) < 4.78 is 2.06. The molecule has 3 rings (SSSR count). The summed E-state index contributed by atoms with van der Waals surface area (Å²) >= 11 is 5.31. The zero-order valence-electron chi connectivity index (χ0n) is 16.2. The number of amides is 1. The van der Waals surface area contributed by atoms with E-state index in [9.17, 15) is 4.79 Å². The Bertz CT molecular complexity index is 995. The van der Waals surface area contributed by atoms with E-state index in [1.807, 2.05) is 74.5 Å². The van der Waals surface area contributed by atoms with Crippen molar-refractivity contribution in [1.29, 1.82) is 0 Å². The third-order valence-electron chi connectivity index (χ3n) is 4.63. The van der Waals surface area contributed by atoms with Gasteiger partial charge in [0.25, 0.3) is 5.91 Å². The molecule has 0 fully saturated rings. The summed E-state index contributed by atoms with van der Waals surface area (Å²) in [5.74, 6) is -0.233. The summed E-state index contributed by atoms with van der Waals surface area (Å²) in [4.78, 5) is 12.7. The summed E-state index contributed by atoms with van der Waals surface area (Å²) in [6, 6.07) is 19.8. The van der Waals surface area contributed by atoms with Crippen LogP contribution in [0.2, 0.25) is 0 Å². The molecule has 0 spiro atoms. The Morgan fingerprint density at radius 2 is 1.68 bits per heavy atom. The first-order chi connectivity index (χ1) is 13.5. The molecule has 0 aliphatic carbocycles. The average Bonchev–Trinajstić information content (AvgIpc) is 3.01. The highest BCUT2D eigenvalue weighted by molar-refractivity contribution is 7.80. The lowest BCUT2D eigenvalue weighted by Gasteiger charge is -2.14. The van der Waals surface area contributed by atoms with Gasteiger partial charge in [0.1, 0.15) is 0 Å². The number of hydrazine groups is 1. The number of aromatic nitrogens is 1. The molecule has 5 nitrogen and oxygen atoms in total. The summed E-state index contributed by atoms with van der Waals surface area (Å²) in [6.45, 7) is 6.00. The maximum Gasteiger partial charge on any atom is 0.271 e. The van der Waals surface area contributed by atoms with Crippen molar-refractivity contribution < 1.29 is 4.79 Å². The lowest BCUT2D eigenvalue weighted by molar-refractivity contribution is 0.0943. The quantitative estimate of drug-likeness (QED) is 0.458. The van der Waals surface area contributed by atoms with Gasteiger partial charge in [-0.1, -0.05) is 43.3 Å². The predicted octanol–water partition coefficient (Wildman–Crippen LogP) is 4.29. The molecule has 1 amide bonds. The standard InChI is InChI=1S/C22H24N4OS/c1-4-17-10-8-9-13-20(17)23-22(28)25-24-21(27)19-14-15(2)26(16(19)3)18-11-6-5-7-12-18/h5-14H,4H2,1-3H3,(H,24,27)(H2,23,25,28). The highest BCUT2D eigenvalue weighted by atomic mass is 32.1. The fraction of sp³-hybridized carbons (Fsp3) is 0.182. The highest BCUT2D eigenvalue weighted by Crippen LogP contribution is 2.20. The van der Waals surface area contributed by atoms with Crippen molar-refractivity contribution in [2.75, 3.05) is 5.32 Å². The number of carbonyl (C=O) groups is 1. The van der Waals surface area contributed by atoms with Crippen LogP contribution in [-0.2, 0) is 6.42 Å². The molecule has 1 aromatic heterocycles. The molecule has 0 saturated carbocycles. The molecular formula is C22H24N4OS. The van der Waals surface area contributed by atoms with Gasteiger partial charge < -0.3 is 9.88 Å². The average molecular weight is 393 g/mol. The van der Waals surface area contributed by atoms with E-state index in [4.69, 9.17) is 12.2 Å². The van der Waals surface area contributed by atoms with Crippen LogP contribution in [0.4, 0.5) is 5.69 Å². The molecule has 0 bridgehead atoms. The number of para-hydroxylation sites is 2. The molecule has 0 saturated heterocycles. The lowest BCUT2D eigenvalue weighted by atomic mass is 10.1. The van der Waals surface area contributed by atoms with Gasteiger partial charge in [0.05, 0.1) is 5.56 Å². The summed E-state index contributed by atoms with van der Waals surface area (Å²) in [5, 5.41) is 3.46. The van der Waals surface area contributed by atoms with Crippen molar-refractivity contribution in [1.82, 2.24) is 15.4 Å². The van der Waals surface area contributed by atoms with Crippen molar-refractivity contribution in [3.8, 4) is 5.69 Å². The molecule has 0 aliphatic heterocycles. The second-order valence-electron chi connectivity index (χ2n) is 6.50. The van der Waals surface area contributed by atoms with Gasteiger partial charge in [-0.15, -0.1) is 0 Å². The molecule has 0 unspecified atom stereocenters. The Morgan fingerprint density at radius 3 is 2.39 bits per heavy atom. The zero-order chi connectivity index (χ0) is 20.1. The Labute approximate surface area is 170 Å². The molecule has 6 heteroatoms. The number of rotatable bonds is 4. The Hall–Kier alpha value is -3.12. The zero-order valence-corrected chi connectivity index (χ0v) is 17.1. The second-order valence-corrected chi connectivity index (χ2v) is 6.91. The smallest absolute Gasteiger partial charge is 0.271 e. The van der Waals surface area contributed by atoms with Crippen molar-refractivity contribution in [3.63, 3.8) is 0 Å². The summed E-state index contributed by atoms with van der Waals surface area (Å²) in [6.07, 6.45) is 0.892. The van der Waals surface area contributed by atoms with Crippen LogP contribution in [-0.4, -0.2) is 15.6 Å². The topological polar surface area (TPSA) is 58.1 Å². The van der Waals surface area contributed by atoms with E-state index < -0.39 is 0 Å². The fourth-order valence-corrected chi connectivity index (χ4v) is 3.41. The van der Waals surface area contributed by atoms with E-state index in [0.29, 0.717) is 10.7 Å². The summed E-state index contributed by atoms with van der Waals surface area (Å²) in [7, 11) is 0. The minimum Gasteiger partial charge on any atom is -0.331 e. The molecule has 144 valence electrons. The van der Waals surface area contributed by atoms with Gasteiger partial charge in [-0.05, 0) is 62.3 Å². The first-order valence-electron chi connectivity index (χ1n) is 9.21. The first kappa shape index (κ1) is 19.6. The van der Waals surface area contributed by atoms with Crippen LogP contribution >= 0.6 is 12.2 Å². The van der Waals surface area contributed by atoms with Crippen LogP contribution in [0.15, 0.2) is 60.7 Å². The largest absolute Gasteiger partial charge is 0.331 e. The van der Waals surface area contributed by atoms with Crippen molar-refractivity contribution >= 4 is 28.9 Å². The minimum atomic E-state index is -0.233. The number of benzene rings is 2.